The first-order valence-electron chi connectivity index (χ1n) is 10.7. The molecule has 5 nitrogen and oxygen atoms in total. The number of unbranched alkanes of at least 4 members (excludes halogenated alkanes) is 2. The summed E-state index contributed by atoms with van der Waals surface area (Å²) in [5.74, 6) is 1.85. The molecule has 164 valence electrons. The van der Waals surface area contributed by atoms with E-state index in [0.717, 1.165) is 36.3 Å². The van der Waals surface area contributed by atoms with Gasteiger partial charge in [0.25, 0.3) is 5.91 Å². The molecule has 6 heteroatoms. The van der Waals surface area contributed by atoms with Crippen LogP contribution in [-0.2, 0) is 4.79 Å². The summed E-state index contributed by atoms with van der Waals surface area (Å²) in [6, 6.07) is 15.7. The summed E-state index contributed by atoms with van der Waals surface area (Å²) in [7, 11) is 1.61. The standard InChI is InChI=1S/C25H30N2O3S/c1-18(2)20-12-10-19(11-13-20)16-23-24(29)27(21-8-7-9-22(17-21)30-3)25(26-23)31-15-6-4-5-14-28/h7-13,16-18,28H,4-6,14-15H2,1-3H3. The van der Waals surface area contributed by atoms with Crippen molar-refractivity contribution in [2.24, 2.45) is 4.99 Å². The lowest BCUT2D eigenvalue weighted by atomic mass is 10.0. The van der Waals surface area contributed by atoms with Crippen molar-refractivity contribution in [2.75, 3.05) is 24.4 Å². The number of nitrogens with zero attached hydrogens (tertiary/aromatic N) is 2. The van der Waals surface area contributed by atoms with Gasteiger partial charge in [-0.2, -0.15) is 0 Å². The van der Waals surface area contributed by atoms with Gasteiger partial charge in [-0.1, -0.05) is 62.4 Å². The number of hydrogen-bond acceptors (Lipinski definition) is 5. The molecule has 31 heavy (non-hydrogen) atoms. The second kappa shape index (κ2) is 11.2. The van der Waals surface area contributed by atoms with E-state index in [4.69, 9.17) is 9.84 Å². The molecule has 0 saturated carbocycles. The second-order valence-corrected chi connectivity index (χ2v) is 8.78. The maximum absolute atomic E-state index is 13.3. The van der Waals surface area contributed by atoms with Crippen molar-refractivity contribution in [3.05, 3.63) is 65.4 Å². The number of anilines is 1. The lowest BCUT2D eigenvalue weighted by molar-refractivity contribution is -0.113. The molecule has 1 amide bonds. The van der Waals surface area contributed by atoms with Gasteiger partial charge in [-0.15, -0.1) is 0 Å². The van der Waals surface area contributed by atoms with Gasteiger partial charge in [-0.25, -0.2) is 4.99 Å². The first-order chi connectivity index (χ1) is 15.0. The van der Waals surface area contributed by atoms with E-state index in [1.54, 1.807) is 23.8 Å². The summed E-state index contributed by atoms with van der Waals surface area (Å²) < 4.78 is 5.34. The summed E-state index contributed by atoms with van der Waals surface area (Å²) in [5, 5.41) is 9.64. The Labute approximate surface area is 188 Å². The van der Waals surface area contributed by atoms with E-state index in [1.165, 1.54) is 5.56 Å². The Bertz CT molecular complexity index is 951. The number of carbonyl (C=O) groups is 1. The van der Waals surface area contributed by atoms with E-state index in [2.05, 4.69) is 31.0 Å². The third kappa shape index (κ3) is 5.99. The molecule has 2 aromatic rings. The van der Waals surface area contributed by atoms with Crippen LogP contribution in [0, 0.1) is 0 Å². The number of aliphatic imine (C=N–C) groups is 1. The topological polar surface area (TPSA) is 62.1 Å². The van der Waals surface area contributed by atoms with E-state index in [1.807, 2.05) is 42.5 Å². The highest BCUT2D eigenvalue weighted by Gasteiger charge is 2.32. The highest BCUT2D eigenvalue weighted by molar-refractivity contribution is 8.14. The average molecular weight is 439 g/mol. The van der Waals surface area contributed by atoms with Gasteiger partial charge in [-0.3, -0.25) is 9.69 Å². The van der Waals surface area contributed by atoms with Gasteiger partial charge < -0.3 is 9.84 Å². The number of rotatable bonds is 9. The van der Waals surface area contributed by atoms with Crippen molar-refractivity contribution in [1.29, 1.82) is 0 Å². The first-order valence-corrected chi connectivity index (χ1v) is 11.6. The number of aliphatic hydroxyl groups is 1. The molecular weight excluding hydrogens is 408 g/mol. The van der Waals surface area contributed by atoms with Crippen molar-refractivity contribution in [1.82, 2.24) is 0 Å². The Morgan fingerprint density at radius 3 is 2.58 bits per heavy atom. The Hall–Kier alpha value is -2.57. The Morgan fingerprint density at radius 2 is 1.90 bits per heavy atom. The minimum absolute atomic E-state index is 0.140. The number of aliphatic hydroxyl groups excluding tert-OH is 1. The number of benzene rings is 2. The van der Waals surface area contributed by atoms with Crippen LogP contribution < -0.4 is 9.64 Å². The number of ether oxygens (including phenoxy) is 1. The zero-order valence-corrected chi connectivity index (χ0v) is 19.2. The zero-order valence-electron chi connectivity index (χ0n) is 18.4. The van der Waals surface area contributed by atoms with Crippen LogP contribution in [0.5, 0.6) is 5.75 Å². The molecule has 0 aliphatic carbocycles. The van der Waals surface area contributed by atoms with E-state index >= 15 is 0 Å². The molecule has 1 aliphatic heterocycles. The van der Waals surface area contributed by atoms with Crippen LogP contribution in [0.1, 0.15) is 50.2 Å². The van der Waals surface area contributed by atoms with Crippen molar-refractivity contribution >= 4 is 34.6 Å². The van der Waals surface area contributed by atoms with E-state index in [0.29, 0.717) is 22.5 Å². The number of methoxy groups -OCH3 is 1. The van der Waals surface area contributed by atoms with Gasteiger partial charge in [0.15, 0.2) is 5.17 Å². The molecule has 0 atom stereocenters. The fourth-order valence-electron chi connectivity index (χ4n) is 3.26. The normalized spacial score (nSPS) is 15.1. The predicted octanol–water partition coefficient (Wildman–Crippen LogP) is 5.46. The molecule has 1 N–H and O–H groups in total. The number of thioether (sulfide) groups is 1. The molecule has 0 bridgehead atoms. The van der Waals surface area contributed by atoms with Gasteiger partial charge in [0.05, 0.1) is 12.8 Å². The Morgan fingerprint density at radius 1 is 1.13 bits per heavy atom. The number of hydrogen-bond donors (Lipinski definition) is 1. The third-order valence-corrected chi connectivity index (χ3v) is 6.11. The van der Waals surface area contributed by atoms with Crippen molar-refractivity contribution in [3.8, 4) is 5.75 Å². The fraction of sp³-hybridized carbons (Fsp3) is 0.360. The summed E-state index contributed by atoms with van der Waals surface area (Å²) in [6.07, 6.45) is 4.55. The molecule has 0 aromatic heterocycles. The molecule has 0 saturated heterocycles. The van der Waals surface area contributed by atoms with Crippen LogP contribution in [0.25, 0.3) is 6.08 Å². The first kappa shape index (κ1) is 23.1. The van der Waals surface area contributed by atoms with E-state index in [9.17, 15) is 4.79 Å². The van der Waals surface area contributed by atoms with Gasteiger partial charge in [0.1, 0.15) is 11.4 Å². The van der Waals surface area contributed by atoms with Gasteiger partial charge in [0, 0.05) is 18.4 Å². The minimum Gasteiger partial charge on any atom is -0.497 e. The molecule has 0 radical (unpaired) electrons. The molecule has 1 aliphatic rings. The van der Waals surface area contributed by atoms with Crippen LogP contribution in [0.15, 0.2) is 59.2 Å². The van der Waals surface area contributed by atoms with Gasteiger partial charge in [-0.05, 0) is 48.1 Å². The van der Waals surface area contributed by atoms with Crippen LogP contribution in [0.2, 0.25) is 0 Å². The largest absolute Gasteiger partial charge is 0.497 e. The van der Waals surface area contributed by atoms with Crippen LogP contribution in [-0.4, -0.2) is 35.7 Å². The highest BCUT2D eigenvalue weighted by atomic mass is 32.2. The predicted molar refractivity (Wildman–Crippen MR) is 130 cm³/mol. The smallest absolute Gasteiger partial charge is 0.283 e. The Kier molecular flexibility index (Phi) is 8.32. The molecule has 0 fully saturated rings. The van der Waals surface area contributed by atoms with Crippen molar-refractivity contribution in [3.63, 3.8) is 0 Å². The molecule has 2 aromatic carbocycles. The van der Waals surface area contributed by atoms with E-state index < -0.39 is 0 Å². The van der Waals surface area contributed by atoms with Crippen molar-refractivity contribution < 1.29 is 14.6 Å². The fourth-order valence-corrected chi connectivity index (χ4v) is 4.27. The monoisotopic (exact) mass is 438 g/mol. The van der Waals surface area contributed by atoms with Gasteiger partial charge in [0.2, 0.25) is 0 Å². The van der Waals surface area contributed by atoms with E-state index in [-0.39, 0.29) is 12.5 Å². The number of amidine groups is 1. The summed E-state index contributed by atoms with van der Waals surface area (Å²) in [5.41, 5.74) is 3.39. The van der Waals surface area contributed by atoms with Crippen molar-refractivity contribution in [2.45, 2.75) is 39.0 Å². The number of carbonyl (C=O) groups excluding carboxylic acids is 1. The van der Waals surface area contributed by atoms with Crippen LogP contribution in [0.4, 0.5) is 5.69 Å². The zero-order chi connectivity index (χ0) is 22.2. The van der Waals surface area contributed by atoms with Crippen LogP contribution >= 0.6 is 11.8 Å². The SMILES string of the molecule is COc1cccc(N2C(=O)C(=Cc3ccc(C(C)C)cc3)N=C2SCCCCCO)c1. The summed E-state index contributed by atoms with van der Waals surface area (Å²) >= 11 is 1.57. The highest BCUT2D eigenvalue weighted by Crippen LogP contribution is 2.31. The molecule has 1 heterocycles. The number of amides is 1. The molecule has 0 spiro atoms. The average Bonchev–Trinajstić information content (AvgIpc) is 3.08. The molecular formula is C25H30N2O3S. The van der Waals surface area contributed by atoms with Crippen LogP contribution in [0.3, 0.4) is 0 Å². The van der Waals surface area contributed by atoms with Gasteiger partial charge >= 0.3 is 0 Å². The minimum atomic E-state index is -0.140. The second-order valence-electron chi connectivity index (χ2n) is 7.72. The summed E-state index contributed by atoms with van der Waals surface area (Å²) in [4.78, 5) is 19.6. The summed E-state index contributed by atoms with van der Waals surface area (Å²) in [6.45, 7) is 4.53. The maximum atomic E-state index is 13.3. The molecule has 0 unspecified atom stereocenters. The molecule has 3 rings (SSSR count). The quantitative estimate of drug-likeness (QED) is 0.417. The maximum Gasteiger partial charge on any atom is 0.283 e. The lowest BCUT2D eigenvalue weighted by Crippen LogP contribution is -2.30. The Balaban J connectivity index is 1.86. The third-order valence-electron chi connectivity index (χ3n) is 5.08. The lowest BCUT2D eigenvalue weighted by Gasteiger charge is -2.18.